The number of benzene rings is 3. The van der Waals surface area contributed by atoms with Crippen LogP contribution in [0, 0.1) is 25.2 Å². The highest BCUT2D eigenvalue weighted by atomic mass is 32.2. The van der Waals surface area contributed by atoms with Crippen molar-refractivity contribution in [1.82, 2.24) is 4.98 Å². The molecular weight excluding hydrogens is 428 g/mol. The number of methoxy groups -OCH3 is 2. The predicted octanol–water partition coefficient (Wildman–Crippen LogP) is 7.07. The van der Waals surface area contributed by atoms with E-state index in [2.05, 4.69) is 68.4 Å². The van der Waals surface area contributed by atoms with Crippen LogP contribution < -0.4 is 9.47 Å². The van der Waals surface area contributed by atoms with E-state index in [1.165, 1.54) is 22.9 Å². The second-order valence-corrected chi connectivity index (χ2v) is 8.76. The summed E-state index contributed by atoms with van der Waals surface area (Å²) in [7, 11) is 3.21. The van der Waals surface area contributed by atoms with Crippen LogP contribution in [0.2, 0.25) is 0 Å². The Kier molecular flexibility index (Phi) is 6.67. The van der Waals surface area contributed by atoms with Gasteiger partial charge in [0, 0.05) is 16.0 Å². The van der Waals surface area contributed by atoms with Crippen molar-refractivity contribution in [1.29, 1.82) is 5.26 Å². The highest BCUT2D eigenvalue weighted by Crippen LogP contribution is 2.39. The molecule has 0 bridgehead atoms. The van der Waals surface area contributed by atoms with E-state index in [1.807, 2.05) is 24.3 Å². The van der Waals surface area contributed by atoms with Crippen molar-refractivity contribution in [2.75, 3.05) is 14.2 Å². The van der Waals surface area contributed by atoms with Crippen molar-refractivity contribution < 1.29 is 9.47 Å². The lowest BCUT2D eigenvalue weighted by molar-refractivity contribution is 0.355. The van der Waals surface area contributed by atoms with Gasteiger partial charge in [0.25, 0.3) is 0 Å². The quantitative estimate of drug-likeness (QED) is 0.313. The maximum atomic E-state index is 10.1. The Morgan fingerprint density at radius 1 is 0.758 bits per heavy atom. The molecule has 1 heterocycles. The maximum absolute atomic E-state index is 10.1. The number of hydrogen-bond donors (Lipinski definition) is 0. The summed E-state index contributed by atoms with van der Waals surface area (Å²) in [5, 5.41) is 10.8. The van der Waals surface area contributed by atoms with E-state index >= 15 is 0 Å². The summed E-state index contributed by atoms with van der Waals surface area (Å²) in [6.07, 6.45) is 0. The molecule has 0 saturated heterocycles. The van der Waals surface area contributed by atoms with Crippen molar-refractivity contribution in [2.24, 2.45) is 0 Å². The van der Waals surface area contributed by atoms with E-state index in [4.69, 9.17) is 14.5 Å². The van der Waals surface area contributed by atoms with Gasteiger partial charge >= 0.3 is 0 Å². The van der Waals surface area contributed by atoms with Crippen LogP contribution in [0.1, 0.15) is 16.7 Å². The summed E-state index contributed by atoms with van der Waals surface area (Å²) in [5.74, 6) is 1.25. The van der Waals surface area contributed by atoms with Gasteiger partial charge in [-0.3, -0.25) is 0 Å². The summed E-state index contributed by atoms with van der Waals surface area (Å²) in [6.45, 7) is 4.12. The number of nitrogens with zero attached hydrogens (tertiary/aromatic N) is 2. The first-order chi connectivity index (χ1) is 16.0. The Balaban J connectivity index is 1.92. The molecule has 0 atom stereocenters. The molecule has 0 spiro atoms. The molecule has 3 aromatic carbocycles. The zero-order valence-electron chi connectivity index (χ0n) is 19.0. The molecule has 0 aliphatic carbocycles. The number of ether oxygens (including phenoxy) is 2. The standard InChI is InChI=1S/C28H24N2O2S/c1-18-5-9-20(10-6-18)25-16-23(21-11-14-26(31-3)27(15-21)32-4)24(17-29)28(30-25)33-22-12-7-19(2)8-13-22/h5-16H,1-4H3. The Hall–Kier alpha value is -3.75. The molecule has 1 aromatic heterocycles. The Bertz CT molecular complexity index is 1320. The minimum absolute atomic E-state index is 0.531. The molecule has 0 saturated carbocycles. The van der Waals surface area contributed by atoms with E-state index in [-0.39, 0.29) is 0 Å². The molecule has 0 amide bonds. The summed E-state index contributed by atoms with van der Waals surface area (Å²) >= 11 is 1.50. The van der Waals surface area contributed by atoms with Gasteiger partial charge in [-0.1, -0.05) is 65.4 Å². The van der Waals surface area contributed by atoms with Gasteiger partial charge in [0.15, 0.2) is 11.5 Å². The van der Waals surface area contributed by atoms with E-state index < -0.39 is 0 Å². The highest BCUT2D eigenvalue weighted by molar-refractivity contribution is 7.99. The summed E-state index contributed by atoms with van der Waals surface area (Å²) in [5.41, 5.74) is 6.38. The Labute approximate surface area is 198 Å². The average molecular weight is 453 g/mol. The maximum Gasteiger partial charge on any atom is 0.161 e. The lowest BCUT2D eigenvalue weighted by Gasteiger charge is -2.14. The SMILES string of the molecule is COc1ccc(-c2cc(-c3ccc(C)cc3)nc(Sc3ccc(C)cc3)c2C#N)cc1OC. The van der Waals surface area contributed by atoms with Crippen LogP contribution in [-0.2, 0) is 0 Å². The van der Waals surface area contributed by atoms with E-state index in [1.54, 1.807) is 14.2 Å². The van der Waals surface area contributed by atoms with Crippen LogP contribution in [-0.4, -0.2) is 19.2 Å². The van der Waals surface area contributed by atoms with Gasteiger partial charge in [-0.2, -0.15) is 5.26 Å². The molecule has 164 valence electrons. The fraction of sp³-hybridized carbons (Fsp3) is 0.143. The number of hydrogen-bond acceptors (Lipinski definition) is 5. The van der Waals surface area contributed by atoms with Gasteiger partial charge < -0.3 is 9.47 Å². The lowest BCUT2D eigenvalue weighted by atomic mass is 9.98. The van der Waals surface area contributed by atoms with Gasteiger partial charge in [0.2, 0.25) is 0 Å². The minimum Gasteiger partial charge on any atom is -0.493 e. The molecule has 0 fully saturated rings. The molecule has 4 nitrogen and oxygen atoms in total. The van der Waals surface area contributed by atoms with Crippen LogP contribution in [0.4, 0.5) is 0 Å². The fourth-order valence-electron chi connectivity index (χ4n) is 3.53. The summed E-state index contributed by atoms with van der Waals surface area (Å²) < 4.78 is 10.9. The van der Waals surface area contributed by atoms with Crippen LogP contribution in [0.25, 0.3) is 22.4 Å². The predicted molar refractivity (Wildman–Crippen MR) is 133 cm³/mol. The lowest BCUT2D eigenvalue weighted by Crippen LogP contribution is -1.97. The zero-order valence-corrected chi connectivity index (χ0v) is 19.9. The van der Waals surface area contributed by atoms with Crippen molar-refractivity contribution in [3.63, 3.8) is 0 Å². The first kappa shape index (κ1) is 22.4. The number of aryl methyl sites for hydroxylation is 2. The third kappa shape index (κ3) is 4.87. The minimum atomic E-state index is 0.531. The van der Waals surface area contributed by atoms with Crippen LogP contribution in [0.3, 0.4) is 0 Å². The van der Waals surface area contributed by atoms with Crippen molar-refractivity contribution in [3.05, 3.63) is 89.5 Å². The third-order valence-electron chi connectivity index (χ3n) is 5.38. The third-order valence-corrected chi connectivity index (χ3v) is 6.37. The van der Waals surface area contributed by atoms with Gasteiger partial charge in [-0.05, 0) is 49.7 Å². The molecule has 4 rings (SSSR count). The zero-order chi connectivity index (χ0) is 23.4. The number of nitriles is 1. The Morgan fingerprint density at radius 2 is 1.36 bits per heavy atom. The first-order valence-corrected chi connectivity index (χ1v) is 11.3. The second-order valence-electron chi connectivity index (χ2n) is 7.70. The molecule has 0 aliphatic rings. The topological polar surface area (TPSA) is 55.1 Å². The van der Waals surface area contributed by atoms with Gasteiger partial charge in [0.05, 0.1) is 25.5 Å². The normalized spacial score (nSPS) is 10.5. The number of pyridine rings is 1. The summed E-state index contributed by atoms with van der Waals surface area (Å²) in [4.78, 5) is 5.94. The smallest absolute Gasteiger partial charge is 0.161 e. The largest absolute Gasteiger partial charge is 0.493 e. The molecule has 4 aromatic rings. The van der Waals surface area contributed by atoms with Crippen LogP contribution in [0.5, 0.6) is 11.5 Å². The molecular formula is C28H24N2O2S. The second kappa shape index (κ2) is 9.81. The highest BCUT2D eigenvalue weighted by Gasteiger charge is 2.18. The molecule has 0 unspecified atom stereocenters. The monoisotopic (exact) mass is 452 g/mol. The number of aromatic nitrogens is 1. The van der Waals surface area contributed by atoms with Crippen molar-refractivity contribution >= 4 is 11.8 Å². The molecule has 33 heavy (non-hydrogen) atoms. The average Bonchev–Trinajstić information content (AvgIpc) is 2.85. The van der Waals surface area contributed by atoms with Gasteiger partial charge in [-0.15, -0.1) is 0 Å². The van der Waals surface area contributed by atoms with Crippen molar-refractivity contribution in [2.45, 2.75) is 23.8 Å². The van der Waals surface area contributed by atoms with Gasteiger partial charge in [0.1, 0.15) is 11.1 Å². The first-order valence-electron chi connectivity index (χ1n) is 10.5. The molecule has 0 N–H and O–H groups in total. The number of rotatable bonds is 6. The van der Waals surface area contributed by atoms with E-state index in [0.717, 1.165) is 27.3 Å². The van der Waals surface area contributed by atoms with Crippen LogP contribution in [0.15, 0.2) is 82.7 Å². The fourth-order valence-corrected chi connectivity index (χ4v) is 4.42. The van der Waals surface area contributed by atoms with Crippen LogP contribution >= 0.6 is 11.8 Å². The molecule has 0 aliphatic heterocycles. The van der Waals surface area contributed by atoms with Gasteiger partial charge in [-0.25, -0.2) is 4.98 Å². The molecule has 5 heteroatoms. The van der Waals surface area contributed by atoms with Crippen molar-refractivity contribution in [3.8, 4) is 40.0 Å². The summed E-state index contributed by atoms with van der Waals surface area (Å²) in [6, 6.07) is 26.5. The Morgan fingerprint density at radius 3 is 1.97 bits per heavy atom. The van der Waals surface area contributed by atoms with E-state index in [9.17, 15) is 5.26 Å². The molecule has 0 radical (unpaired) electrons. The van der Waals surface area contributed by atoms with E-state index in [0.29, 0.717) is 22.1 Å².